The SMILES string of the molecule is CC(C)n1c2c(c3sccc31)CC(=O)N(C)C2. The molecule has 3 nitrogen and oxygen atoms in total. The fourth-order valence-corrected chi connectivity index (χ4v) is 3.64. The molecule has 2 aromatic heterocycles. The van der Waals surface area contributed by atoms with Crippen molar-refractivity contribution in [1.29, 1.82) is 0 Å². The van der Waals surface area contributed by atoms with Gasteiger partial charge in [0.1, 0.15) is 0 Å². The minimum Gasteiger partial charge on any atom is -0.340 e. The third-order valence-electron chi connectivity index (χ3n) is 3.47. The molecule has 17 heavy (non-hydrogen) atoms. The van der Waals surface area contributed by atoms with Crippen LogP contribution in [-0.2, 0) is 17.8 Å². The molecule has 1 amide bonds. The van der Waals surface area contributed by atoms with Crippen molar-refractivity contribution in [1.82, 2.24) is 9.47 Å². The van der Waals surface area contributed by atoms with Crippen molar-refractivity contribution < 1.29 is 4.79 Å². The molecule has 0 aliphatic carbocycles. The Kier molecular flexibility index (Phi) is 2.30. The lowest BCUT2D eigenvalue weighted by Crippen LogP contribution is -2.33. The van der Waals surface area contributed by atoms with E-state index in [4.69, 9.17) is 0 Å². The number of nitrogens with zero attached hydrogens (tertiary/aromatic N) is 2. The van der Waals surface area contributed by atoms with Crippen LogP contribution in [0.5, 0.6) is 0 Å². The predicted molar refractivity (Wildman–Crippen MR) is 70.4 cm³/mol. The van der Waals surface area contributed by atoms with E-state index >= 15 is 0 Å². The maximum atomic E-state index is 11.8. The van der Waals surface area contributed by atoms with Crippen LogP contribution in [0.1, 0.15) is 31.1 Å². The Balaban J connectivity index is 2.30. The fourth-order valence-electron chi connectivity index (χ4n) is 2.68. The van der Waals surface area contributed by atoms with Crippen LogP contribution in [0.15, 0.2) is 11.4 Å². The quantitative estimate of drug-likeness (QED) is 0.762. The Hall–Kier alpha value is -1.29. The van der Waals surface area contributed by atoms with E-state index in [-0.39, 0.29) is 5.91 Å². The lowest BCUT2D eigenvalue weighted by Gasteiger charge is -2.26. The Morgan fingerprint density at radius 3 is 2.88 bits per heavy atom. The van der Waals surface area contributed by atoms with Crippen LogP contribution in [0.25, 0.3) is 10.2 Å². The normalized spacial score (nSPS) is 16.0. The average molecular weight is 248 g/mol. The molecule has 1 aliphatic rings. The van der Waals surface area contributed by atoms with Crippen LogP contribution in [0, 0.1) is 0 Å². The molecule has 4 heteroatoms. The van der Waals surface area contributed by atoms with E-state index in [0.29, 0.717) is 12.5 Å². The van der Waals surface area contributed by atoms with Gasteiger partial charge >= 0.3 is 0 Å². The number of amides is 1. The fraction of sp³-hybridized carbons (Fsp3) is 0.462. The second-order valence-electron chi connectivity index (χ2n) is 4.95. The van der Waals surface area contributed by atoms with Gasteiger partial charge in [0.25, 0.3) is 0 Å². The summed E-state index contributed by atoms with van der Waals surface area (Å²) in [4.78, 5) is 13.6. The minimum atomic E-state index is 0.230. The maximum absolute atomic E-state index is 11.8. The van der Waals surface area contributed by atoms with Crippen LogP contribution >= 0.6 is 11.3 Å². The molecule has 0 saturated heterocycles. The first-order valence-electron chi connectivity index (χ1n) is 5.92. The standard InChI is InChI=1S/C13H16N2OS/c1-8(2)15-10-4-5-17-13(10)9-6-12(16)14(3)7-11(9)15/h4-5,8H,6-7H2,1-3H3. The molecule has 90 valence electrons. The van der Waals surface area contributed by atoms with Gasteiger partial charge in [-0.25, -0.2) is 0 Å². The van der Waals surface area contributed by atoms with Crippen molar-refractivity contribution in [3.05, 3.63) is 22.7 Å². The van der Waals surface area contributed by atoms with Gasteiger partial charge in [-0.1, -0.05) is 0 Å². The van der Waals surface area contributed by atoms with Crippen molar-refractivity contribution in [2.75, 3.05) is 7.05 Å². The summed E-state index contributed by atoms with van der Waals surface area (Å²) in [6, 6.07) is 2.61. The molecule has 0 aromatic carbocycles. The second kappa shape index (κ2) is 3.60. The number of aromatic nitrogens is 1. The molecule has 0 atom stereocenters. The van der Waals surface area contributed by atoms with Crippen molar-refractivity contribution in [2.24, 2.45) is 0 Å². The molecule has 0 saturated carbocycles. The molecule has 0 bridgehead atoms. The summed E-state index contributed by atoms with van der Waals surface area (Å²) in [5, 5.41) is 2.12. The lowest BCUT2D eigenvalue weighted by molar-refractivity contribution is -0.130. The van der Waals surface area contributed by atoms with Gasteiger partial charge in [0.15, 0.2) is 0 Å². The molecule has 3 heterocycles. The van der Waals surface area contributed by atoms with E-state index in [1.54, 1.807) is 11.3 Å². The van der Waals surface area contributed by atoms with Gasteiger partial charge in [-0.15, -0.1) is 11.3 Å². The summed E-state index contributed by atoms with van der Waals surface area (Å²) in [5.74, 6) is 0.230. The number of carbonyl (C=O) groups excluding carboxylic acids is 1. The number of hydrogen-bond acceptors (Lipinski definition) is 2. The van der Waals surface area contributed by atoms with Crippen LogP contribution in [0.3, 0.4) is 0 Å². The summed E-state index contributed by atoms with van der Waals surface area (Å²) in [7, 11) is 1.89. The van der Waals surface area contributed by atoms with Crippen molar-refractivity contribution >= 4 is 27.5 Å². The first-order valence-corrected chi connectivity index (χ1v) is 6.80. The van der Waals surface area contributed by atoms with Gasteiger partial charge in [-0.3, -0.25) is 4.79 Å². The van der Waals surface area contributed by atoms with Crippen LogP contribution in [0.2, 0.25) is 0 Å². The Morgan fingerprint density at radius 2 is 2.18 bits per heavy atom. The zero-order valence-corrected chi connectivity index (χ0v) is 11.2. The van der Waals surface area contributed by atoms with Crippen molar-refractivity contribution in [3.63, 3.8) is 0 Å². The molecule has 0 unspecified atom stereocenters. The van der Waals surface area contributed by atoms with E-state index in [0.717, 1.165) is 6.54 Å². The zero-order valence-electron chi connectivity index (χ0n) is 10.4. The Morgan fingerprint density at radius 1 is 1.41 bits per heavy atom. The molecule has 0 radical (unpaired) electrons. The average Bonchev–Trinajstić information content (AvgIpc) is 2.79. The highest BCUT2D eigenvalue weighted by Gasteiger charge is 2.28. The topological polar surface area (TPSA) is 25.2 Å². The monoisotopic (exact) mass is 248 g/mol. The minimum absolute atomic E-state index is 0.230. The number of hydrogen-bond donors (Lipinski definition) is 0. The third kappa shape index (κ3) is 1.43. The van der Waals surface area contributed by atoms with Crippen LogP contribution in [0.4, 0.5) is 0 Å². The number of rotatable bonds is 1. The first kappa shape index (κ1) is 10.8. The van der Waals surface area contributed by atoms with E-state index in [9.17, 15) is 4.79 Å². The molecule has 2 aromatic rings. The first-order chi connectivity index (χ1) is 8.09. The predicted octanol–water partition coefficient (Wildman–Crippen LogP) is 2.80. The van der Waals surface area contributed by atoms with Gasteiger partial charge in [-0.05, 0) is 25.3 Å². The highest BCUT2D eigenvalue weighted by atomic mass is 32.1. The second-order valence-corrected chi connectivity index (χ2v) is 5.87. The molecule has 0 N–H and O–H groups in total. The number of carbonyl (C=O) groups is 1. The van der Waals surface area contributed by atoms with Crippen molar-refractivity contribution in [3.8, 4) is 0 Å². The Bertz CT molecular complexity index is 594. The summed E-state index contributed by atoms with van der Waals surface area (Å²) in [5.41, 5.74) is 3.87. The zero-order chi connectivity index (χ0) is 12.2. The van der Waals surface area contributed by atoms with Gasteiger partial charge in [0, 0.05) is 24.3 Å². The van der Waals surface area contributed by atoms with Gasteiger partial charge in [0.2, 0.25) is 5.91 Å². The highest BCUT2D eigenvalue weighted by Crippen LogP contribution is 2.36. The molecule has 0 spiro atoms. The summed E-state index contributed by atoms with van der Waals surface area (Å²) in [6.07, 6.45) is 0.558. The largest absolute Gasteiger partial charge is 0.340 e. The van der Waals surface area contributed by atoms with Crippen LogP contribution < -0.4 is 0 Å². The number of fused-ring (bicyclic) bond motifs is 3. The van der Waals surface area contributed by atoms with E-state index in [1.165, 1.54) is 21.5 Å². The van der Waals surface area contributed by atoms with Gasteiger partial charge < -0.3 is 9.47 Å². The Labute approximate surface area is 105 Å². The van der Waals surface area contributed by atoms with Crippen molar-refractivity contribution in [2.45, 2.75) is 32.9 Å². The van der Waals surface area contributed by atoms with E-state index in [1.807, 2.05) is 11.9 Å². The molecular weight excluding hydrogens is 232 g/mol. The molecule has 3 rings (SSSR count). The highest BCUT2D eigenvalue weighted by molar-refractivity contribution is 7.17. The van der Waals surface area contributed by atoms with E-state index in [2.05, 4.69) is 29.9 Å². The van der Waals surface area contributed by atoms with Gasteiger partial charge in [-0.2, -0.15) is 0 Å². The number of likely N-dealkylation sites (N-methyl/N-ethyl adjacent to an activating group) is 1. The molecule has 0 fully saturated rings. The smallest absolute Gasteiger partial charge is 0.227 e. The number of thiophene rings is 1. The lowest BCUT2D eigenvalue weighted by atomic mass is 10.1. The summed E-state index contributed by atoms with van der Waals surface area (Å²) >= 11 is 1.75. The van der Waals surface area contributed by atoms with E-state index < -0.39 is 0 Å². The van der Waals surface area contributed by atoms with Crippen LogP contribution in [-0.4, -0.2) is 22.4 Å². The summed E-state index contributed by atoms with van der Waals surface area (Å²) < 4.78 is 3.68. The summed E-state index contributed by atoms with van der Waals surface area (Å²) in [6.45, 7) is 5.15. The third-order valence-corrected chi connectivity index (χ3v) is 4.44. The van der Waals surface area contributed by atoms with Gasteiger partial charge in [0.05, 0.1) is 23.2 Å². The molecule has 1 aliphatic heterocycles. The molecular formula is C13H16N2OS. The maximum Gasteiger partial charge on any atom is 0.227 e.